The highest BCUT2D eigenvalue weighted by molar-refractivity contribution is 5.95. The lowest BCUT2D eigenvalue weighted by atomic mass is 9.95. The first-order valence-electron chi connectivity index (χ1n) is 9.48. The lowest BCUT2D eigenvalue weighted by Crippen LogP contribution is -2.43. The normalized spacial score (nSPS) is 13.9. The Morgan fingerprint density at radius 2 is 1.72 bits per heavy atom. The number of nitrogens with one attached hydrogen (secondary N) is 2. The third kappa shape index (κ3) is 6.42. The molecule has 0 radical (unpaired) electrons. The second-order valence-corrected chi connectivity index (χ2v) is 6.69. The van der Waals surface area contributed by atoms with Gasteiger partial charge in [-0.2, -0.15) is 0 Å². The Morgan fingerprint density at radius 1 is 1.10 bits per heavy atom. The summed E-state index contributed by atoms with van der Waals surface area (Å²) < 4.78 is 10.4. The second-order valence-electron chi connectivity index (χ2n) is 6.69. The van der Waals surface area contributed by atoms with E-state index in [1.54, 1.807) is 23.1 Å². The molecule has 1 aliphatic heterocycles. The number of carbonyl (C=O) groups is 3. The second kappa shape index (κ2) is 11.0. The van der Waals surface area contributed by atoms with Gasteiger partial charge in [-0.1, -0.05) is 5.92 Å². The van der Waals surface area contributed by atoms with E-state index in [0.29, 0.717) is 43.0 Å². The van der Waals surface area contributed by atoms with Crippen LogP contribution in [-0.4, -0.2) is 63.0 Å². The number of ether oxygens (including phenoxy) is 2. The number of rotatable bonds is 8. The Labute approximate surface area is 170 Å². The zero-order chi connectivity index (χ0) is 21.2. The molecule has 0 spiro atoms. The van der Waals surface area contributed by atoms with E-state index in [1.807, 2.05) is 0 Å². The predicted octanol–water partition coefficient (Wildman–Crippen LogP) is 0.812. The molecule has 1 aromatic carbocycles. The molecule has 1 aromatic rings. The van der Waals surface area contributed by atoms with E-state index in [9.17, 15) is 14.4 Å². The summed E-state index contributed by atoms with van der Waals surface area (Å²) in [4.78, 5) is 38.3. The molecule has 29 heavy (non-hydrogen) atoms. The molecule has 0 saturated carbocycles. The Morgan fingerprint density at radius 3 is 2.28 bits per heavy atom. The van der Waals surface area contributed by atoms with Crippen LogP contribution in [0.3, 0.4) is 0 Å². The molecule has 8 nitrogen and oxygen atoms in total. The molecular formula is C21H27N3O5. The van der Waals surface area contributed by atoms with Crippen LogP contribution < -0.4 is 20.1 Å². The number of nitrogens with zero attached hydrogens (tertiary/aromatic N) is 1. The van der Waals surface area contributed by atoms with Crippen molar-refractivity contribution in [1.29, 1.82) is 0 Å². The van der Waals surface area contributed by atoms with Gasteiger partial charge in [0.25, 0.3) is 5.91 Å². The average Bonchev–Trinajstić information content (AvgIpc) is 2.76. The number of hydrogen-bond donors (Lipinski definition) is 2. The number of benzene rings is 1. The maximum absolute atomic E-state index is 12.8. The number of carbonyl (C=O) groups excluding carboxylic acids is 3. The van der Waals surface area contributed by atoms with Crippen LogP contribution >= 0.6 is 0 Å². The maximum atomic E-state index is 12.8. The van der Waals surface area contributed by atoms with Crippen LogP contribution in [-0.2, 0) is 9.59 Å². The summed E-state index contributed by atoms with van der Waals surface area (Å²) in [7, 11) is 3.07. The highest BCUT2D eigenvalue weighted by atomic mass is 16.5. The number of methoxy groups -OCH3 is 2. The Balaban J connectivity index is 1.82. The van der Waals surface area contributed by atoms with E-state index in [-0.39, 0.29) is 43.1 Å². The van der Waals surface area contributed by atoms with Crippen molar-refractivity contribution in [3.8, 4) is 23.8 Å². The Bertz CT molecular complexity index is 757. The van der Waals surface area contributed by atoms with Gasteiger partial charge in [0.1, 0.15) is 11.5 Å². The van der Waals surface area contributed by atoms with Gasteiger partial charge in [0.2, 0.25) is 11.8 Å². The molecule has 0 aliphatic carbocycles. The first-order valence-corrected chi connectivity index (χ1v) is 9.48. The van der Waals surface area contributed by atoms with Gasteiger partial charge in [0.05, 0.1) is 20.8 Å². The first-order chi connectivity index (χ1) is 14.0. The zero-order valence-electron chi connectivity index (χ0n) is 16.8. The molecule has 3 amide bonds. The van der Waals surface area contributed by atoms with Crippen molar-refractivity contribution >= 4 is 17.7 Å². The van der Waals surface area contributed by atoms with Crippen LogP contribution in [0.15, 0.2) is 18.2 Å². The topological polar surface area (TPSA) is 97.0 Å². The number of amides is 3. The van der Waals surface area contributed by atoms with Gasteiger partial charge in [0, 0.05) is 43.6 Å². The van der Waals surface area contributed by atoms with Crippen LogP contribution in [0.25, 0.3) is 0 Å². The monoisotopic (exact) mass is 401 g/mol. The molecule has 0 aromatic heterocycles. The van der Waals surface area contributed by atoms with Gasteiger partial charge < -0.3 is 25.0 Å². The summed E-state index contributed by atoms with van der Waals surface area (Å²) in [5.74, 6) is 2.84. The van der Waals surface area contributed by atoms with E-state index in [2.05, 4.69) is 16.6 Å². The fourth-order valence-electron chi connectivity index (χ4n) is 3.14. The third-order valence-corrected chi connectivity index (χ3v) is 4.79. The number of likely N-dealkylation sites (tertiary alicyclic amines) is 1. The standard InChI is InChI=1S/C21H27N3O5/c1-4-8-22-19(25)5-9-23-20(26)15-6-10-24(11-7-15)21(27)16-12-17(28-2)14-18(13-16)29-3/h1,12-15H,5-11H2,2-3H3,(H,22,25)(H,23,26). The molecule has 1 fully saturated rings. The molecule has 1 aliphatic rings. The summed E-state index contributed by atoms with van der Waals surface area (Å²) in [6.45, 7) is 1.41. The van der Waals surface area contributed by atoms with Crippen LogP contribution in [0.5, 0.6) is 11.5 Å². The summed E-state index contributed by atoms with van der Waals surface area (Å²) >= 11 is 0. The quantitative estimate of drug-likeness (QED) is 0.629. The maximum Gasteiger partial charge on any atom is 0.254 e. The number of hydrogen-bond acceptors (Lipinski definition) is 5. The van der Waals surface area contributed by atoms with Crippen LogP contribution in [0.4, 0.5) is 0 Å². The predicted molar refractivity (Wildman–Crippen MR) is 108 cm³/mol. The van der Waals surface area contributed by atoms with Crippen LogP contribution in [0.2, 0.25) is 0 Å². The SMILES string of the molecule is C#CCNC(=O)CCNC(=O)C1CCN(C(=O)c2cc(OC)cc(OC)c2)CC1. The van der Waals surface area contributed by atoms with Crippen LogP contribution in [0.1, 0.15) is 29.6 Å². The summed E-state index contributed by atoms with van der Waals surface area (Å²) in [6, 6.07) is 5.06. The van der Waals surface area contributed by atoms with Crippen LogP contribution in [0, 0.1) is 18.3 Å². The molecule has 0 bridgehead atoms. The lowest BCUT2D eigenvalue weighted by molar-refractivity contribution is -0.126. The van der Waals surface area contributed by atoms with Gasteiger partial charge in [0.15, 0.2) is 0 Å². The van der Waals surface area contributed by atoms with Gasteiger partial charge in [-0.15, -0.1) is 6.42 Å². The van der Waals surface area contributed by atoms with Crippen molar-refractivity contribution in [3.63, 3.8) is 0 Å². The number of terminal acetylenes is 1. The molecule has 0 unspecified atom stereocenters. The minimum absolute atomic E-state index is 0.0927. The fraction of sp³-hybridized carbons (Fsp3) is 0.476. The van der Waals surface area contributed by atoms with Crippen molar-refractivity contribution in [1.82, 2.24) is 15.5 Å². The minimum atomic E-state index is -0.197. The zero-order valence-corrected chi connectivity index (χ0v) is 16.8. The van der Waals surface area contributed by atoms with Gasteiger partial charge in [-0.05, 0) is 25.0 Å². The third-order valence-electron chi connectivity index (χ3n) is 4.79. The Hall–Kier alpha value is -3.21. The van der Waals surface area contributed by atoms with Crippen molar-refractivity contribution in [2.24, 2.45) is 5.92 Å². The van der Waals surface area contributed by atoms with E-state index >= 15 is 0 Å². The fourth-order valence-corrected chi connectivity index (χ4v) is 3.14. The molecular weight excluding hydrogens is 374 g/mol. The largest absolute Gasteiger partial charge is 0.497 e. The Kier molecular flexibility index (Phi) is 8.34. The molecule has 1 saturated heterocycles. The van der Waals surface area contributed by atoms with Crippen molar-refractivity contribution in [2.45, 2.75) is 19.3 Å². The van der Waals surface area contributed by atoms with Crippen molar-refractivity contribution in [2.75, 3.05) is 40.4 Å². The molecule has 1 heterocycles. The minimum Gasteiger partial charge on any atom is -0.497 e. The highest BCUT2D eigenvalue weighted by Crippen LogP contribution is 2.25. The van der Waals surface area contributed by atoms with Gasteiger partial charge in [-0.25, -0.2) is 0 Å². The first kappa shape index (κ1) is 22.1. The van der Waals surface area contributed by atoms with E-state index in [1.165, 1.54) is 14.2 Å². The summed E-state index contributed by atoms with van der Waals surface area (Å²) in [5, 5.41) is 5.33. The highest BCUT2D eigenvalue weighted by Gasteiger charge is 2.28. The molecule has 2 N–H and O–H groups in total. The smallest absolute Gasteiger partial charge is 0.254 e. The molecule has 2 rings (SSSR count). The van der Waals surface area contributed by atoms with E-state index in [0.717, 1.165) is 0 Å². The lowest BCUT2D eigenvalue weighted by Gasteiger charge is -2.31. The molecule has 0 atom stereocenters. The summed E-state index contributed by atoms with van der Waals surface area (Å²) in [6.07, 6.45) is 6.40. The average molecular weight is 401 g/mol. The van der Waals surface area contributed by atoms with Gasteiger partial charge >= 0.3 is 0 Å². The number of piperidine rings is 1. The molecule has 8 heteroatoms. The van der Waals surface area contributed by atoms with Crippen molar-refractivity contribution < 1.29 is 23.9 Å². The summed E-state index contributed by atoms with van der Waals surface area (Å²) in [5.41, 5.74) is 0.488. The van der Waals surface area contributed by atoms with Gasteiger partial charge in [-0.3, -0.25) is 14.4 Å². The van der Waals surface area contributed by atoms with Crippen molar-refractivity contribution in [3.05, 3.63) is 23.8 Å². The van der Waals surface area contributed by atoms with E-state index in [4.69, 9.17) is 15.9 Å². The molecule has 156 valence electrons. The van der Waals surface area contributed by atoms with E-state index < -0.39 is 0 Å².